The van der Waals surface area contributed by atoms with Crippen LogP contribution in [0.5, 0.6) is 5.75 Å². The van der Waals surface area contributed by atoms with E-state index in [1.54, 1.807) is 19.2 Å². The molecule has 0 radical (unpaired) electrons. The van der Waals surface area contributed by atoms with Gasteiger partial charge in [0.05, 0.1) is 13.3 Å². The molecule has 6 heteroatoms. The number of ether oxygens (including phenoxy) is 1. The van der Waals surface area contributed by atoms with Crippen molar-refractivity contribution in [3.05, 3.63) is 65.5 Å². The van der Waals surface area contributed by atoms with Crippen LogP contribution in [0.4, 0.5) is 8.78 Å². The molecule has 0 aromatic heterocycles. The van der Waals surface area contributed by atoms with Gasteiger partial charge in [0, 0.05) is 32.0 Å². The topological polar surface area (TPSA) is 32.8 Å². The van der Waals surface area contributed by atoms with Gasteiger partial charge in [-0.15, -0.1) is 0 Å². The van der Waals surface area contributed by atoms with Crippen LogP contribution in [0.3, 0.4) is 0 Å². The van der Waals surface area contributed by atoms with Gasteiger partial charge in [0.15, 0.2) is 0 Å². The van der Waals surface area contributed by atoms with E-state index in [0.717, 1.165) is 23.4 Å². The van der Waals surface area contributed by atoms with Gasteiger partial charge < -0.3 is 9.64 Å². The average molecular weight is 400 g/mol. The predicted octanol–water partition coefficient (Wildman–Crippen LogP) is 4.11. The maximum atomic E-state index is 15.1. The first-order chi connectivity index (χ1) is 14.0. The van der Waals surface area contributed by atoms with Gasteiger partial charge in [0.1, 0.15) is 17.7 Å². The van der Waals surface area contributed by atoms with E-state index in [4.69, 9.17) is 4.74 Å². The van der Waals surface area contributed by atoms with Crippen LogP contribution < -0.4 is 4.74 Å². The second-order valence-electron chi connectivity index (χ2n) is 7.85. The number of likely N-dealkylation sites (tertiary alicyclic amines) is 2. The van der Waals surface area contributed by atoms with E-state index < -0.39 is 6.17 Å². The summed E-state index contributed by atoms with van der Waals surface area (Å²) in [7, 11) is 1.62. The molecule has 154 valence electrons. The summed E-state index contributed by atoms with van der Waals surface area (Å²) in [4.78, 5) is 16.4. The van der Waals surface area contributed by atoms with Gasteiger partial charge in [-0.3, -0.25) is 9.69 Å². The van der Waals surface area contributed by atoms with Gasteiger partial charge >= 0.3 is 0 Å². The molecule has 4 nitrogen and oxygen atoms in total. The number of nitrogens with zero attached hydrogens (tertiary/aromatic N) is 2. The van der Waals surface area contributed by atoms with Gasteiger partial charge in [0.2, 0.25) is 5.91 Å². The highest BCUT2D eigenvalue weighted by atomic mass is 19.1. The minimum absolute atomic E-state index is 0.0759. The molecular formula is C23H26F2N2O2. The summed E-state index contributed by atoms with van der Waals surface area (Å²) in [6, 6.07) is 13.8. The standard InChI is InChI=1S/C23H26F2N2O2/c1-29-19-8-4-17(5-9-19)20-12-13-26(15-21(20)25)22-10-11-23(28)27(22)14-16-2-6-18(24)7-3-16/h2-9,20-22H,10-15H2,1H3. The number of methoxy groups -OCH3 is 1. The number of rotatable bonds is 5. The molecule has 2 aliphatic rings. The minimum atomic E-state index is -0.986. The van der Waals surface area contributed by atoms with E-state index in [-0.39, 0.29) is 23.8 Å². The van der Waals surface area contributed by atoms with Crippen molar-refractivity contribution in [2.75, 3.05) is 20.2 Å². The van der Waals surface area contributed by atoms with Crippen LogP contribution in [0.15, 0.2) is 48.5 Å². The summed E-state index contributed by atoms with van der Waals surface area (Å²) >= 11 is 0. The third kappa shape index (κ3) is 4.27. The maximum Gasteiger partial charge on any atom is 0.224 e. The molecule has 2 fully saturated rings. The number of halogens is 2. The van der Waals surface area contributed by atoms with Gasteiger partial charge in [-0.25, -0.2) is 8.78 Å². The van der Waals surface area contributed by atoms with Crippen LogP contribution in [-0.2, 0) is 11.3 Å². The zero-order valence-electron chi connectivity index (χ0n) is 16.6. The number of hydrogen-bond donors (Lipinski definition) is 0. The second kappa shape index (κ2) is 8.49. The summed E-state index contributed by atoms with van der Waals surface area (Å²) in [5.74, 6) is 0.410. The molecule has 2 aromatic rings. The molecule has 0 N–H and O–H groups in total. The Morgan fingerprint density at radius 2 is 1.79 bits per heavy atom. The van der Waals surface area contributed by atoms with Crippen LogP contribution in [0.1, 0.15) is 36.3 Å². The van der Waals surface area contributed by atoms with Gasteiger partial charge in [0.25, 0.3) is 0 Å². The molecule has 0 spiro atoms. The summed E-state index contributed by atoms with van der Waals surface area (Å²) in [5, 5.41) is 0. The van der Waals surface area contributed by atoms with Crippen LogP contribution in [0.2, 0.25) is 0 Å². The molecule has 0 aliphatic carbocycles. The Morgan fingerprint density at radius 1 is 1.07 bits per heavy atom. The molecule has 29 heavy (non-hydrogen) atoms. The van der Waals surface area contributed by atoms with Crippen molar-refractivity contribution in [2.24, 2.45) is 0 Å². The first-order valence-corrected chi connectivity index (χ1v) is 10.1. The summed E-state index contributed by atoms with van der Waals surface area (Å²) in [6.07, 6.45) is 0.812. The highest BCUT2D eigenvalue weighted by Gasteiger charge is 2.39. The van der Waals surface area contributed by atoms with Crippen LogP contribution in [0.25, 0.3) is 0 Å². The Hall–Kier alpha value is -2.47. The van der Waals surface area contributed by atoms with Crippen molar-refractivity contribution in [1.29, 1.82) is 0 Å². The van der Waals surface area contributed by atoms with Gasteiger partial charge in [-0.2, -0.15) is 0 Å². The predicted molar refractivity (Wildman–Crippen MR) is 107 cm³/mol. The molecule has 0 bridgehead atoms. The summed E-state index contributed by atoms with van der Waals surface area (Å²) < 4.78 is 33.5. The molecule has 3 atom stereocenters. The molecule has 1 amide bonds. The molecule has 3 unspecified atom stereocenters. The van der Waals surface area contributed by atoms with E-state index >= 15 is 4.39 Å². The monoisotopic (exact) mass is 400 g/mol. The molecule has 2 aliphatic heterocycles. The molecule has 2 heterocycles. The van der Waals surface area contributed by atoms with E-state index in [9.17, 15) is 9.18 Å². The Morgan fingerprint density at radius 3 is 2.45 bits per heavy atom. The minimum Gasteiger partial charge on any atom is -0.497 e. The van der Waals surface area contributed by atoms with Crippen molar-refractivity contribution in [1.82, 2.24) is 9.80 Å². The number of benzene rings is 2. The number of hydrogen-bond acceptors (Lipinski definition) is 3. The largest absolute Gasteiger partial charge is 0.497 e. The second-order valence-corrected chi connectivity index (χ2v) is 7.85. The fourth-order valence-corrected chi connectivity index (χ4v) is 4.50. The molecular weight excluding hydrogens is 374 g/mol. The molecule has 4 rings (SSSR count). The lowest BCUT2D eigenvalue weighted by molar-refractivity contribution is -0.132. The van der Waals surface area contributed by atoms with E-state index in [1.165, 1.54) is 12.1 Å². The number of amides is 1. The van der Waals surface area contributed by atoms with Crippen LogP contribution in [-0.4, -0.2) is 48.2 Å². The first kappa shape index (κ1) is 19.8. The van der Waals surface area contributed by atoms with Crippen molar-refractivity contribution in [3.63, 3.8) is 0 Å². The van der Waals surface area contributed by atoms with E-state index in [1.807, 2.05) is 29.2 Å². The van der Waals surface area contributed by atoms with E-state index in [2.05, 4.69) is 4.90 Å². The average Bonchev–Trinajstić information content (AvgIpc) is 3.10. The lowest BCUT2D eigenvalue weighted by Crippen LogP contribution is -2.51. The number of alkyl halides is 1. The Bertz CT molecular complexity index is 841. The van der Waals surface area contributed by atoms with Gasteiger partial charge in [-0.1, -0.05) is 24.3 Å². The van der Waals surface area contributed by atoms with Crippen molar-refractivity contribution >= 4 is 5.91 Å². The van der Waals surface area contributed by atoms with Gasteiger partial charge in [-0.05, 0) is 48.2 Å². The first-order valence-electron chi connectivity index (χ1n) is 10.1. The third-order valence-electron chi connectivity index (χ3n) is 6.10. The number of carbonyl (C=O) groups excluding carboxylic acids is 1. The Balaban J connectivity index is 1.43. The normalized spacial score (nSPS) is 25.4. The zero-order chi connectivity index (χ0) is 20.4. The highest BCUT2D eigenvalue weighted by Crippen LogP contribution is 2.35. The molecule has 2 saturated heterocycles. The highest BCUT2D eigenvalue weighted by molar-refractivity contribution is 5.78. The zero-order valence-corrected chi connectivity index (χ0v) is 16.6. The lowest BCUT2D eigenvalue weighted by Gasteiger charge is -2.41. The third-order valence-corrected chi connectivity index (χ3v) is 6.10. The van der Waals surface area contributed by atoms with Crippen molar-refractivity contribution in [3.8, 4) is 5.75 Å². The molecule has 2 aromatic carbocycles. The quantitative estimate of drug-likeness (QED) is 0.757. The van der Waals surface area contributed by atoms with E-state index in [0.29, 0.717) is 32.4 Å². The van der Waals surface area contributed by atoms with Crippen molar-refractivity contribution in [2.45, 2.75) is 44.1 Å². The maximum absolute atomic E-state index is 15.1. The molecule has 0 saturated carbocycles. The SMILES string of the molecule is COc1ccc(C2CCN(C3CCC(=O)N3Cc3ccc(F)cc3)CC2F)cc1. The van der Waals surface area contributed by atoms with Crippen LogP contribution >= 0.6 is 0 Å². The van der Waals surface area contributed by atoms with Crippen LogP contribution in [0, 0.1) is 5.82 Å². The number of carbonyl (C=O) groups is 1. The summed E-state index contributed by atoms with van der Waals surface area (Å²) in [6.45, 7) is 1.49. The number of piperidine rings is 1. The Kier molecular flexibility index (Phi) is 5.81. The Labute approximate surface area is 170 Å². The smallest absolute Gasteiger partial charge is 0.224 e. The lowest BCUT2D eigenvalue weighted by atomic mass is 9.87. The summed E-state index contributed by atoms with van der Waals surface area (Å²) in [5.41, 5.74) is 1.88. The fraction of sp³-hybridized carbons (Fsp3) is 0.435. The fourth-order valence-electron chi connectivity index (χ4n) is 4.50. The van der Waals surface area contributed by atoms with Crippen molar-refractivity contribution < 1.29 is 18.3 Å².